The number of aromatic nitrogens is 2. The zero-order valence-electron chi connectivity index (χ0n) is 10.5. The van der Waals surface area contributed by atoms with Gasteiger partial charge >= 0.3 is 5.97 Å². The summed E-state index contributed by atoms with van der Waals surface area (Å²) < 4.78 is 2.08. The zero-order chi connectivity index (χ0) is 13.4. The molecule has 1 saturated carbocycles. The van der Waals surface area contributed by atoms with Crippen molar-refractivity contribution in [2.75, 3.05) is 6.61 Å². The minimum absolute atomic E-state index is 0.192. The van der Waals surface area contributed by atoms with Crippen LogP contribution in [0.5, 0.6) is 0 Å². The summed E-state index contributed by atoms with van der Waals surface area (Å²) in [4.78, 5) is 15.2. The molecule has 19 heavy (non-hydrogen) atoms. The van der Waals surface area contributed by atoms with E-state index in [0.29, 0.717) is 5.52 Å². The molecule has 0 spiro atoms. The van der Waals surface area contributed by atoms with E-state index in [1.807, 2.05) is 0 Å². The number of hydrogen-bond donors (Lipinski definition) is 2. The van der Waals surface area contributed by atoms with Gasteiger partial charge in [-0.25, -0.2) is 9.78 Å². The normalized spacial score (nSPS) is 23.0. The summed E-state index contributed by atoms with van der Waals surface area (Å²) in [5.74, 6) is -0.665. The first-order valence-corrected chi connectivity index (χ1v) is 6.51. The Balaban J connectivity index is 2.03. The predicted octanol–water partition coefficient (Wildman–Crippen LogP) is 2.07. The first-order valence-electron chi connectivity index (χ1n) is 6.51. The summed E-state index contributed by atoms with van der Waals surface area (Å²) >= 11 is 0. The smallest absolute Gasteiger partial charge is 0.335 e. The van der Waals surface area contributed by atoms with Crippen LogP contribution in [0.1, 0.15) is 35.7 Å². The summed E-state index contributed by atoms with van der Waals surface area (Å²) in [5, 5.41) is 18.4. The van der Waals surface area contributed by atoms with E-state index in [9.17, 15) is 9.90 Å². The van der Waals surface area contributed by atoms with Crippen LogP contribution >= 0.6 is 0 Å². The Morgan fingerprint density at radius 2 is 2.26 bits per heavy atom. The highest BCUT2D eigenvalue weighted by atomic mass is 16.4. The van der Waals surface area contributed by atoms with Gasteiger partial charge in [-0.3, -0.25) is 0 Å². The fourth-order valence-electron chi connectivity index (χ4n) is 3.03. The van der Waals surface area contributed by atoms with Crippen molar-refractivity contribution in [2.45, 2.75) is 25.3 Å². The highest BCUT2D eigenvalue weighted by Crippen LogP contribution is 2.37. The van der Waals surface area contributed by atoms with Gasteiger partial charge in [0.1, 0.15) is 0 Å². The Hall–Kier alpha value is -1.88. The van der Waals surface area contributed by atoms with Gasteiger partial charge in [0.15, 0.2) is 0 Å². The van der Waals surface area contributed by atoms with E-state index in [1.54, 1.807) is 24.5 Å². The predicted molar refractivity (Wildman–Crippen MR) is 70.2 cm³/mol. The molecule has 1 aromatic carbocycles. The largest absolute Gasteiger partial charge is 0.478 e. The van der Waals surface area contributed by atoms with Gasteiger partial charge in [-0.1, -0.05) is 6.42 Å². The highest BCUT2D eigenvalue weighted by molar-refractivity contribution is 5.92. The van der Waals surface area contributed by atoms with Gasteiger partial charge in [0.2, 0.25) is 0 Å². The third kappa shape index (κ3) is 2.00. The fraction of sp³-hybridized carbons (Fsp3) is 0.429. The molecule has 2 N–H and O–H groups in total. The summed E-state index contributed by atoms with van der Waals surface area (Å²) in [6, 6.07) is 5.27. The Morgan fingerprint density at radius 3 is 3.00 bits per heavy atom. The molecule has 0 bridgehead atoms. The van der Waals surface area contributed by atoms with Crippen LogP contribution in [0.25, 0.3) is 11.0 Å². The second kappa shape index (κ2) is 4.66. The molecule has 1 aliphatic rings. The molecule has 0 radical (unpaired) electrons. The highest BCUT2D eigenvalue weighted by Gasteiger charge is 2.28. The van der Waals surface area contributed by atoms with Crippen LogP contribution in [-0.4, -0.2) is 32.3 Å². The number of rotatable bonds is 3. The van der Waals surface area contributed by atoms with Gasteiger partial charge in [-0.05, 0) is 31.0 Å². The summed E-state index contributed by atoms with van der Waals surface area (Å²) in [6.07, 6.45) is 4.95. The lowest BCUT2D eigenvalue weighted by Gasteiger charge is -2.19. The molecule has 5 nitrogen and oxygen atoms in total. The van der Waals surface area contributed by atoms with Crippen molar-refractivity contribution < 1.29 is 15.0 Å². The van der Waals surface area contributed by atoms with Crippen molar-refractivity contribution >= 4 is 17.0 Å². The average Bonchev–Trinajstić information content (AvgIpc) is 3.03. The van der Waals surface area contributed by atoms with Crippen LogP contribution in [0.2, 0.25) is 0 Å². The number of aliphatic hydroxyl groups is 1. The molecule has 2 unspecified atom stereocenters. The van der Waals surface area contributed by atoms with Gasteiger partial charge in [0, 0.05) is 18.6 Å². The van der Waals surface area contributed by atoms with Gasteiger partial charge in [-0.15, -0.1) is 0 Å². The SMILES string of the molecule is O=C(O)c1ccc2c(c1)ncn2C1CCCC1CO. The number of aromatic carboxylic acids is 1. The van der Waals surface area contributed by atoms with Crippen LogP contribution in [-0.2, 0) is 0 Å². The summed E-state index contributed by atoms with van der Waals surface area (Å²) in [7, 11) is 0. The maximum atomic E-state index is 10.9. The molecule has 0 amide bonds. The zero-order valence-corrected chi connectivity index (χ0v) is 10.5. The number of aliphatic hydroxyl groups excluding tert-OH is 1. The van der Waals surface area contributed by atoms with Gasteiger partial charge in [0.25, 0.3) is 0 Å². The van der Waals surface area contributed by atoms with E-state index >= 15 is 0 Å². The number of fused-ring (bicyclic) bond motifs is 1. The van der Waals surface area contributed by atoms with Crippen molar-refractivity contribution in [2.24, 2.45) is 5.92 Å². The van der Waals surface area contributed by atoms with Crippen LogP contribution < -0.4 is 0 Å². The first kappa shape index (κ1) is 12.2. The van der Waals surface area contributed by atoms with E-state index < -0.39 is 5.97 Å². The molecule has 1 heterocycles. The van der Waals surface area contributed by atoms with Gasteiger partial charge in [0.05, 0.1) is 22.9 Å². The molecule has 100 valence electrons. The number of carbonyl (C=O) groups is 1. The van der Waals surface area contributed by atoms with E-state index in [4.69, 9.17) is 5.11 Å². The fourth-order valence-corrected chi connectivity index (χ4v) is 3.03. The Bertz CT molecular complexity index is 620. The molecular weight excluding hydrogens is 244 g/mol. The Kier molecular flexibility index (Phi) is 2.98. The molecule has 5 heteroatoms. The molecule has 1 aromatic heterocycles. The average molecular weight is 260 g/mol. The summed E-state index contributed by atoms with van der Waals surface area (Å²) in [6.45, 7) is 0.192. The van der Waals surface area contributed by atoms with E-state index in [0.717, 1.165) is 24.8 Å². The van der Waals surface area contributed by atoms with E-state index in [1.165, 1.54) is 0 Å². The third-order valence-corrected chi connectivity index (χ3v) is 4.03. The second-order valence-electron chi connectivity index (χ2n) is 5.10. The van der Waals surface area contributed by atoms with Crippen molar-refractivity contribution in [3.05, 3.63) is 30.1 Å². The van der Waals surface area contributed by atoms with Crippen molar-refractivity contribution in [1.82, 2.24) is 9.55 Å². The van der Waals surface area contributed by atoms with Gasteiger partial charge in [-0.2, -0.15) is 0 Å². The Labute approximate surface area is 110 Å². The van der Waals surface area contributed by atoms with E-state index in [-0.39, 0.29) is 24.1 Å². The maximum absolute atomic E-state index is 10.9. The monoisotopic (exact) mass is 260 g/mol. The molecule has 0 aliphatic heterocycles. The number of hydrogen-bond acceptors (Lipinski definition) is 3. The van der Waals surface area contributed by atoms with Crippen LogP contribution in [0, 0.1) is 5.92 Å². The molecule has 1 aliphatic carbocycles. The molecule has 1 fully saturated rings. The quantitative estimate of drug-likeness (QED) is 0.885. The number of carboxylic acids is 1. The third-order valence-electron chi connectivity index (χ3n) is 4.03. The van der Waals surface area contributed by atoms with Crippen molar-refractivity contribution in [3.63, 3.8) is 0 Å². The first-order chi connectivity index (χ1) is 9.20. The van der Waals surface area contributed by atoms with Crippen LogP contribution in [0.3, 0.4) is 0 Å². The minimum atomic E-state index is -0.939. The molecular formula is C14H16N2O3. The number of imidazole rings is 1. The maximum Gasteiger partial charge on any atom is 0.335 e. The molecule has 2 aromatic rings. The van der Waals surface area contributed by atoms with Crippen molar-refractivity contribution in [3.8, 4) is 0 Å². The second-order valence-corrected chi connectivity index (χ2v) is 5.10. The molecule has 0 saturated heterocycles. The lowest BCUT2D eigenvalue weighted by atomic mass is 10.0. The standard InChI is InChI=1S/C14H16N2O3/c17-7-10-2-1-3-12(10)16-8-15-11-6-9(14(18)19)4-5-13(11)16/h4-6,8,10,12,17H,1-3,7H2,(H,18,19). The minimum Gasteiger partial charge on any atom is -0.478 e. The van der Waals surface area contributed by atoms with Crippen LogP contribution in [0.4, 0.5) is 0 Å². The summed E-state index contributed by atoms with van der Waals surface area (Å²) in [5.41, 5.74) is 1.89. The molecule has 3 rings (SSSR count). The topological polar surface area (TPSA) is 75.3 Å². The van der Waals surface area contributed by atoms with E-state index in [2.05, 4.69) is 9.55 Å². The van der Waals surface area contributed by atoms with Crippen LogP contribution in [0.15, 0.2) is 24.5 Å². The Morgan fingerprint density at radius 1 is 1.42 bits per heavy atom. The number of benzene rings is 1. The lowest BCUT2D eigenvalue weighted by Crippen LogP contribution is -2.16. The van der Waals surface area contributed by atoms with Crippen molar-refractivity contribution in [1.29, 1.82) is 0 Å². The lowest BCUT2D eigenvalue weighted by molar-refractivity contribution is 0.0697. The number of nitrogens with zero attached hydrogens (tertiary/aromatic N) is 2. The molecule has 2 atom stereocenters. The van der Waals surface area contributed by atoms with Gasteiger partial charge < -0.3 is 14.8 Å². The number of carboxylic acid groups (broad SMARTS) is 1.